The van der Waals surface area contributed by atoms with E-state index in [0.29, 0.717) is 6.54 Å². The van der Waals surface area contributed by atoms with Crippen molar-refractivity contribution in [3.8, 4) is 0 Å². The molecule has 0 saturated heterocycles. The maximum absolute atomic E-state index is 11.6. The quantitative estimate of drug-likeness (QED) is 0.740. The summed E-state index contributed by atoms with van der Waals surface area (Å²) in [5, 5.41) is 2.86. The number of rotatable bonds is 8. The Balaban J connectivity index is 2.74. The summed E-state index contributed by atoms with van der Waals surface area (Å²) >= 11 is 0. The first-order valence-corrected chi connectivity index (χ1v) is 7.13. The van der Waals surface area contributed by atoms with Crippen LogP contribution in [0.2, 0.25) is 0 Å². The van der Waals surface area contributed by atoms with Gasteiger partial charge >= 0.3 is 0 Å². The molecule has 0 aliphatic carbocycles. The van der Waals surface area contributed by atoms with Gasteiger partial charge in [-0.3, -0.25) is 14.5 Å². The van der Waals surface area contributed by atoms with Crippen molar-refractivity contribution in [1.82, 2.24) is 10.2 Å². The number of benzene rings is 1. The lowest BCUT2D eigenvalue weighted by atomic mass is 10.0. The summed E-state index contributed by atoms with van der Waals surface area (Å²) in [7, 11) is 0. The number of hydrogen-bond acceptors (Lipinski definition) is 3. The Morgan fingerprint density at radius 1 is 1.15 bits per heavy atom. The van der Waals surface area contributed by atoms with Crippen molar-refractivity contribution in [2.24, 2.45) is 0 Å². The summed E-state index contributed by atoms with van der Waals surface area (Å²) in [5.41, 5.74) is 1.18. The molecule has 0 aliphatic heterocycles. The largest absolute Gasteiger partial charge is 0.354 e. The molecule has 0 aromatic heterocycles. The standard InChI is InChI=1S/C16H24N2O2/c1-4-18(5-2)15(14-9-7-6-8-10-14)12-17-16(20)11-13(3)19/h6-10,15H,4-5,11-12H2,1-3H3,(H,17,20). The van der Waals surface area contributed by atoms with Gasteiger partial charge in [-0.1, -0.05) is 44.2 Å². The fourth-order valence-corrected chi connectivity index (χ4v) is 2.30. The molecule has 0 radical (unpaired) electrons. The van der Waals surface area contributed by atoms with Crippen molar-refractivity contribution in [2.75, 3.05) is 19.6 Å². The van der Waals surface area contributed by atoms with Crippen LogP contribution in [0, 0.1) is 0 Å². The van der Waals surface area contributed by atoms with E-state index in [0.717, 1.165) is 13.1 Å². The van der Waals surface area contributed by atoms with Gasteiger partial charge in [0.15, 0.2) is 0 Å². The molecule has 1 aromatic carbocycles. The van der Waals surface area contributed by atoms with Gasteiger partial charge in [-0.15, -0.1) is 0 Å². The minimum Gasteiger partial charge on any atom is -0.354 e. The van der Waals surface area contributed by atoms with Crippen LogP contribution in [0.4, 0.5) is 0 Å². The van der Waals surface area contributed by atoms with Crippen molar-refractivity contribution >= 4 is 11.7 Å². The molecule has 1 aromatic rings. The summed E-state index contributed by atoms with van der Waals surface area (Å²) in [6.07, 6.45) is -0.0419. The summed E-state index contributed by atoms with van der Waals surface area (Å²) in [5.74, 6) is -0.313. The van der Waals surface area contributed by atoms with Crippen LogP contribution in [0.25, 0.3) is 0 Å². The average Bonchev–Trinajstić information content (AvgIpc) is 2.43. The predicted octanol–water partition coefficient (Wildman–Crippen LogP) is 2.16. The molecule has 4 heteroatoms. The molecule has 1 N–H and O–H groups in total. The summed E-state index contributed by atoms with van der Waals surface area (Å²) < 4.78 is 0. The van der Waals surface area contributed by atoms with Crippen molar-refractivity contribution in [1.29, 1.82) is 0 Å². The first-order valence-electron chi connectivity index (χ1n) is 7.13. The topological polar surface area (TPSA) is 49.4 Å². The molecular weight excluding hydrogens is 252 g/mol. The molecule has 1 atom stereocenters. The second kappa shape index (κ2) is 8.48. The molecule has 0 saturated carbocycles. The van der Waals surface area contributed by atoms with Crippen LogP contribution in [0.3, 0.4) is 0 Å². The second-order valence-corrected chi connectivity index (χ2v) is 4.83. The zero-order valence-electron chi connectivity index (χ0n) is 12.6. The lowest BCUT2D eigenvalue weighted by Crippen LogP contribution is -2.38. The van der Waals surface area contributed by atoms with Crippen LogP contribution in [-0.4, -0.2) is 36.2 Å². The fourth-order valence-electron chi connectivity index (χ4n) is 2.30. The van der Waals surface area contributed by atoms with Crippen LogP contribution in [0.15, 0.2) is 30.3 Å². The van der Waals surface area contributed by atoms with Gasteiger partial charge in [0.2, 0.25) is 5.91 Å². The van der Waals surface area contributed by atoms with Gasteiger partial charge < -0.3 is 5.32 Å². The minimum atomic E-state index is -0.203. The number of likely N-dealkylation sites (N-methyl/N-ethyl adjacent to an activating group) is 1. The summed E-state index contributed by atoms with van der Waals surface area (Å²) in [6.45, 7) is 8.00. The fraction of sp³-hybridized carbons (Fsp3) is 0.500. The smallest absolute Gasteiger partial charge is 0.227 e. The highest BCUT2D eigenvalue weighted by Gasteiger charge is 2.18. The maximum Gasteiger partial charge on any atom is 0.227 e. The van der Waals surface area contributed by atoms with Gasteiger partial charge in [0.1, 0.15) is 5.78 Å². The second-order valence-electron chi connectivity index (χ2n) is 4.83. The number of Topliss-reactive ketones (excluding diaryl/α,β-unsaturated/α-hetero) is 1. The monoisotopic (exact) mass is 276 g/mol. The summed E-state index contributed by atoms with van der Waals surface area (Å²) in [6, 6.07) is 10.3. The van der Waals surface area contributed by atoms with Crippen molar-refractivity contribution in [2.45, 2.75) is 33.2 Å². The number of nitrogens with zero attached hydrogens (tertiary/aromatic N) is 1. The molecule has 1 amide bonds. The van der Waals surface area contributed by atoms with E-state index in [9.17, 15) is 9.59 Å². The van der Waals surface area contributed by atoms with Crippen molar-refractivity contribution in [3.05, 3.63) is 35.9 Å². The van der Waals surface area contributed by atoms with Gasteiger partial charge in [0.05, 0.1) is 12.5 Å². The van der Waals surface area contributed by atoms with E-state index < -0.39 is 0 Å². The SMILES string of the molecule is CCN(CC)C(CNC(=O)CC(C)=O)c1ccccc1. The first-order chi connectivity index (χ1) is 9.58. The zero-order valence-corrected chi connectivity index (χ0v) is 12.6. The number of carbonyl (C=O) groups excluding carboxylic acids is 2. The average molecular weight is 276 g/mol. The van der Waals surface area contributed by atoms with E-state index in [1.165, 1.54) is 12.5 Å². The molecule has 20 heavy (non-hydrogen) atoms. The Morgan fingerprint density at radius 2 is 1.75 bits per heavy atom. The number of hydrogen-bond donors (Lipinski definition) is 1. The van der Waals surface area contributed by atoms with Crippen molar-refractivity contribution < 1.29 is 9.59 Å². The molecule has 0 spiro atoms. The molecule has 110 valence electrons. The highest BCUT2D eigenvalue weighted by Crippen LogP contribution is 2.19. The van der Waals surface area contributed by atoms with Crippen LogP contribution >= 0.6 is 0 Å². The Bertz CT molecular complexity index is 427. The van der Waals surface area contributed by atoms with Gasteiger partial charge in [0, 0.05) is 6.54 Å². The Labute approximate surface area is 121 Å². The number of carbonyl (C=O) groups is 2. The van der Waals surface area contributed by atoms with Crippen LogP contribution in [-0.2, 0) is 9.59 Å². The van der Waals surface area contributed by atoms with E-state index in [2.05, 4.69) is 36.2 Å². The summed E-state index contributed by atoms with van der Waals surface area (Å²) in [4.78, 5) is 24.9. The van der Waals surface area contributed by atoms with E-state index in [1.54, 1.807) is 0 Å². The highest BCUT2D eigenvalue weighted by atomic mass is 16.2. The molecule has 0 fully saturated rings. The van der Waals surface area contributed by atoms with Gasteiger partial charge in [-0.05, 0) is 25.6 Å². The third-order valence-corrected chi connectivity index (χ3v) is 3.34. The normalized spacial score (nSPS) is 12.2. The van der Waals surface area contributed by atoms with Crippen LogP contribution in [0.5, 0.6) is 0 Å². The Morgan fingerprint density at radius 3 is 2.25 bits per heavy atom. The molecule has 1 unspecified atom stereocenters. The first kappa shape index (κ1) is 16.4. The lowest BCUT2D eigenvalue weighted by Gasteiger charge is -2.30. The number of ketones is 1. The maximum atomic E-state index is 11.6. The predicted molar refractivity (Wildman–Crippen MR) is 80.4 cm³/mol. The van der Waals surface area contributed by atoms with Gasteiger partial charge in [-0.2, -0.15) is 0 Å². The Kier molecular flexibility index (Phi) is 6.94. The van der Waals surface area contributed by atoms with E-state index in [4.69, 9.17) is 0 Å². The zero-order chi connectivity index (χ0) is 15.0. The van der Waals surface area contributed by atoms with Gasteiger partial charge in [0.25, 0.3) is 0 Å². The van der Waals surface area contributed by atoms with Crippen LogP contribution in [0.1, 0.15) is 38.8 Å². The van der Waals surface area contributed by atoms with Crippen LogP contribution < -0.4 is 5.32 Å². The molecule has 1 rings (SSSR count). The van der Waals surface area contributed by atoms with Gasteiger partial charge in [-0.25, -0.2) is 0 Å². The molecule has 4 nitrogen and oxygen atoms in total. The van der Waals surface area contributed by atoms with E-state index in [1.807, 2.05) is 18.2 Å². The molecule has 0 heterocycles. The van der Waals surface area contributed by atoms with Crippen molar-refractivity contribution in [3.63, 3.8) is 0 Å². The Hall–Kier alpha value is -1.68. The molecule has 0 aliphatic rings. The third-order valence-electron chi connectivity index (χ3n) is 3.34. The molecule has 0 bridgehead atoms. The molecular formula is C16H24N2O2. The lowest BCUT2D eigenvalue weighted by molar-refractivity contribution is -0.127. The number of amides is 1. The van der Waals surface area contributed by atoms with E-state index >= 15 is 0 Å². The minimum absolute atomic E-state index is 0.0419. The van der Waals surface area contributed by atoms with E-state index in [-0.39, 0.29) is 24.2 Å². The number of nitrogens with one attached hydrogen (secondary N) is 1. The highest BCUT2D eigenvalue weighted by molar-refractivity contribution is 5.96. The third kappa shape index (κ3) is 5.13.